The largest absolute Gasteiger partial charge is 0.394 e. The highest BCUT2D eigenvalue weighted by Gasteiger charge is 2.53. The van der Waals surface area contributed by atoms with Crippen LogP contribution in [0.2, 0.25) is 0 Å². The third kappa shape index (κ3) is 1.89. The first-order valence-electron chi connectivity index (χ1n) is 5.39. The quantitative estimate of drug-likeness (QED) is 0.474. The molecule has 2 rings (SSSR count). The van der Waals surface area contributed by atoms with E-state index in [4.69, 9.17) is 15.6 Å². The van der Waals surface area contributed by atoms with Gasteiger partial charge in [0, 0.05) is 6.20 Å². The van der Waals surface area contributed by atoms with Crippen LogP contribution in [-0.4, -0.2) is 49.3 Å². The van der Waals surface area contributed by atoms with E-state index in [9.17, 15) is 15.0 Å². The summed E-state index contributed by atoms with van der Waals surface area (Å²) in [7, 11) is 0. The number of anilines is 1. The second kappa shape index (κ2) is 4.32. The summed E-state index contributed by atoms with van der Waals surface area (Å²) in [6, 6.07) is 1.37. The van der Waals surface area contributed by atoms with Crippen LogP contribution >= 0.6 is 0 Å². The summed E-state index contributed by atoms with van der Waals surface area (Å²) >= 11 is 0. The molecule has 0 amide bonds. The van der Waals surface area contributed by atoms with Crippen molar-refractivity contribution in [1.82, 2.24) is 9.55 Å². The Bertz CT molecular complexity index is 501. The zero-order valence-corrected chi connectivity index (χ0v) is 9.72. The molecule has 0 aliphatic carbocycles. The van der Waals surface area contributed by atoms with Gasteiger partial charge in [-0.3, -0.25) is 4.57 Å². The number of nitrogens with two attached hydrogens (primary N) is 1. The number of rotatable bonds is 2. The number of hydrogen-bond donors (Lipinski definition) is 4. The molecule has 5 N–H and O–H groups in total. The fourth-order valence-corrected chi connectivity index (χ4v) is 1.99. The average Bonchev–Trinajstić information content (AvgIpc) is 2.52. The number of nitrogens with zero attached hydrogens (tertiary/aromatic N) is 2. The van der Waals surface area contributed by atoms with Crippen molar-refractivity contribution in [2.24, 2.45) is 0 Å². The molecule has 2 heterocycles. The molecule has 1 aliphatic rings. The molecular formula is C10H15N3O5. The first-order chi connectivity index (χ1) is 8.37. The van der Waals surface area contributed by atoms with E-state index in [-0.39, 0.29) is 5.82 Å². The molecule has 1 fully saturated rings. The maximum absolute atomic E-state index is 11.7. The third-order valence-electron chi connectivity index (χ3n) is 3.04. The molecule has 4 unspecified atom stereocenters. The van der Waals surface area contributed by atoms with Gasteiger partial charge in [-0.05, 0) is 13.0 Å². The van der Waals surface area contributed by atoms with E-state index in [1.165, 1.54) is 19.2 Å². The molecule has 1 saturated heterocycles. The topological polar surface area (TPSA) is 131 Å². The van der Waals surface area contributed by atoms with Crippen LogP contribution in [0.4, 0.5) is 5.82 Å². The Kier molecular flexibility index (Phi) is 3.11. The number of aromatic nitrogens is 2. The summed E-state index contributed by atoms with van der Waals surface area (Å²) in [5.74, 6) is 0.0492. The zero-order chi connectivity index (χ0) is 13.5. The Morgan fingerprint density at radius 1 is 1.67 bits per heavy atom. The summed E-state index contributed by atoms with van der Waals surface area (Å²) < 4.78 is 6.30. The van der Waals surface area contributed by atoms with Gasteiger partial charge >= 0.3 is 5.69 Å². The standard InChI is InChI=1S/C10H15N3O5/c1-10(17)7(15)5(4-14)18-8(10)13-3-2-6(11)12-9(13)16/h2-3,5,7-8,14-15,17H,4H2,1H3,(H2,11,12,16). The van der Waals surface area contributed by atoms with E-state index in [1.807, 2.05) is 0 Å². The van der Waals surface area contributed by atoms with Crippen LogP contribution in [0, 0.1) is 0 Å². The summed E-state index contributed by atoms with van der Waals surface area (Å²) in [4.78, 5) is 15.2. The van der Waals surface area contributed by atoms with Crippen LogP contribution in [0.5, 0.6) is 0 Å². The van der Waals surface area contributed by atoms with E-state index in [2.05, 4.69) is 4.98 Å². The van der Waals surface area contributed by atoms with Crippen molar-refractivity contribution >= 4 is 5.82 Å². The van der Waals surface area contributed by atoms with Crippen LogP contribution in [-0.2, 0) is 4.74 Å². The van der Waals surface area contributed by atoms with E-state index in [1.54, 1.807) is 0 Å². The molecule has 0 radical (unpaired) electrons. The van der Waals surface area contributed by atoms with E-state index < -0.39 is 36.3 Å². The van der Waals surface area contributed by atoms with Crippen LogP contribution in [0.1, 0.15) is 13.2 Å². The minimum Gasteiger partial charge on any atom is -0.394 e. The summed E-state index contributed by atoms with van der Waals surface area (Å²) in [6.45, 7) is 0.853. The summed E-state index contributed by atoms with van der Waals surface area (Å²) in [6.07, 6.45) is -2.09. The second-order valence-electron chi connectivity index (χ2n) is 4.42. The number of hydrogen-bond acceptors (Lipinski definition) is 7. The predicted octanol–water partition coefficient (Wildman–Crippen LogP) is -2.17. The fraction of sp³-hybridized carbons (Fsp3) is 0.600. The van der Waals surface area contributed by atoms with Gasteiger partial charge in [-0.25, -0.2) is 4.79 Å². The van der Waals surface area contributed by atoms with E-state index >= 15 is 0 Å². The maximum Gasteiger partial charge on any atom is 0.351 e. The minimum absolute atomic E-state index is 0.0492. The molecule has 8 nitrogen and oxygen atoms in total. The highest BCUT2D eigenvalue weighted by atomic mass is 16.6. The maximum atomic E-state index is 11.7. The van der Waals surface area contributed by atoms with Crippen molar-refractivity contribution in [3.63, 3.8) is 0 Å². The van der Waals surface area contributed by atoms with Gasteiger partial charge in [-0.15, -0.1) is 0 Å². The van der Waals surface area contributed by atoms with Crippen molar-refractivity contribution < 1.29 is 20.1 Å². The van der Waals surface area contributed by atoms with Gasteiger partial charge in [-0.1, -0.05) is 0 Å². The highest BCUT2D eigenvalue weighted by Crippen LogP contribution is 2.37. The monoisotopic (exact) mass is 257 g/mol. The molecule has 0 aromatic carbocycles. The van der Waals surface area contributed by atoms with Crippen molar-refractivity contribution in [2.45, 2.75) is 31.0 Å². The molecule has 1 aromatic rings. The normalized spacial score (nSPS) is 35.9. The van der Waals surface area contributed by atoms with Gasteiger partial charge in [0.25, 0.3) is 0 Å². The number of nitrogen functional groups attached to an aromatic ring is 1. The fourth-order valence-electron chi connectivity index (χ4n) is 1.99. The van der Waals surface area contributed by atoms with Gasteiger partial charge in [-0.2, -0.15) is 4.98 Å². The molecule has 0 bridgehead atoms. The lowest BCUT2D eigenvalue weighted by atomic mass is 9.96. The smallest absolute Gasteiger partial charge is 0.351 e. The van der Waals surface area contributed by atoms with Crippen molar-refractivity contribution in [3.8, 4) is 0 Å². The summed E-state index contributed by atoms with van der Waals surface area (Å²) in [5.41, 5.74) is 2.94. The Hall–Kier alpha value is -1.48. The van der Waals surface area contributed by atoms with Gasteiger partial charge in [0.15, 0.2) is 6.23 Å². The second-order valence-corrected chi connectivity index (χ2v) is 4.42. The molecule has 1 aromatic heterocycles. The molecule has 0 saturated carbocycles. The number of ether oxygens (including phenoxy) is 1. The van der Waals surface area contributed by atoms with Crippen molar-refractivity contribution in [3.05, 3.63) is 22.7 Å². The molecule has 8 heteroatoms. The molecule has 100 valence electrons. The van der Waals surface area contributed by atoms with Gasteiger partial charge in [0.05, 0.1) is 6.61 Å². The zero-order valence-electron chi connectivity index (χ0n) is 9.72. The first kappa shape index (κ1) is 13.0. The Balaban J connectivity index is 2.42. The Labute approximate surface area is 102 Å². The lowest BCUT2D eigenvalue weighted by Crippen LogP contribution is -2.46. The van der Waals surface area contributed by atoms with Crippen LogP contribution in [0.15, 0.2) is 17.1 Å². The molecule has 1 aliphatic heterocycles. The highest BCUT2D eigenvalue weighted by molar-refractivity contribution is 5.23. The van der Waals surface area contributed by atoms with Gasteiger partial charge in [0.1, 0.15) is 23.6 Å². The lowest BCUT2D eigenvalue weighted by molar-refractivity contribution is -0.0986. The SMILES string of the molecule is CC1(O)C(O)C(CO)OC1n1ccc(N)nc1=O. The average molecular weight is 257 g/mol. The molecule has 18 heavy (non-hydrogen) atoms. The number of aliphatic hydroxyl groups is 3. The third-order valence-corrected chi connectivity index (χ3v) is 3.04. The van der Waals surface area contributed by atoms with Crippen molar-refractivity contribution in [1.29, 1.82) is 0 Å². The van der Waals surface area contributed by atoms with E-state index in [0.29, 0.717) is 0 Å². The van der Waals surface area contributed by atoms with Crippen molar-refractivity contribution in [2.75, 3.05) is 12.3 Å². The molecule has 4 atom stereocenters. The minimum atomic E-state index is -1.71. The van der Waals surface area contributed by atoms with Crippen LogP contribution in [0.3, 0.4) is 0 Å². The predicted molar refractivity (Wildman–Crippen MR) is 60.5 cm³/mol. The molecule has 0 spiro atoms. The van der Waals surface area contributed by atoms with E-state index in [0.717, 1.165) is 4.57 Å². The Morgan fingerprint density at radius 3 is 2.83 bits per heavy atom. The van der Waals surface area contributed by atoms with Crippen LogP contribution < -0.4 is 11.4 Å². The first-order valence-corrected chi connectivity index (χ1v) is 5.39. The van der Waals surface area contributed by atoms with Crippen LogP contribution in [0.25, 0.3) is 0 Å². The summed E-state index contributed by atoms with van der Waals surface area (Å²) in [5, 5.41) is 29.0. The Morgan fingerprint density at radius 2 is 2.33 bits per heavy atom. The lowest BCUT2D eigenvalue weighted by Gasteiger charge is -2.27. The van der Waals surface area contributed by atoms with Gasteiger partial charge in [0.2, 0.25) is 0 Å². The number of aliphatic hydroxyl groups excluding tert-OH is 2. The molecular weight excluding hydrogens is 242 g/mol. The van der Waals surface area contributed by atoms with Gasteiger partial charge < -0.3 is 25.8 Å².